The zero-order chi connectivity index (χ0) is 11.6. The van der Waals surface area contributed by atoms with Gasteiger partial charge in [-0.2, -0.15) is 0 Å². The fourth-order valence-electron chi connectivity index (χ4n) is 1.13. The summed E-state index contributed by atoms with van der Waals surface area (Å²) in [5, 5.41) is 2.83. The molecule has 1 rings (SSSR count). The molecule has 0 aliphatic heterocycles. The first-order valence-electron chi connectivity index (χ1n) is 5.21. The Morgan fingerprint density at radius 3 is 2.81 bits per heavy atom. The second-order valence-corrected chi connectivity index (χ2v) is 4.31. The largest absolute Gasteiger partial charge is 0.355 e. The van der Waals surface area contributed by atoms with Crippen molar-refractivity contribution in [1.82, 2.24) is 5.32 Å². The Bertz CT molecular complexity index is 356. The maximum atomic E-state index is 11.4. The van der Waals surface area contributed by atoms with Crippen LogP contribution in [0, 0.1) is 12.3 Å². The highest BCUT2D eigenvalue weighted by molar-refractivity contribution is 8.00. The standard InChI is InChI=1S/C13H15NOS/c1-2-3-7-10-14-13(15)11-16-12-8-5-4-6-9-12/h1,4-6,8-9H,3,7,10-11H2,(H,14,15). The molecule has 1 aromatic rings. The van der Waals surface area contributed by atoms with Crippen LogP contribution in [0.25, 0.3) is 0 Å². The number of hydrogen-bond acceptors (Lipinski definition) is 2. The van der Waals surface area contributed by atoms with Crippen molar-refractivity contribution in [3.8, 4) is 12.3 Å². The maximum absolute atomic E-state index is 11.4. The molecule has 0 fully saturated rings. The third kappa shape index (κ3) is 5.47. The lowest BCUT2D eigenvalue weighted by molar-refractivity contribution is -0.118. The van der Waals surface area contributed by atoms with Crippen molar-refractivity contribution in [1.29, 1.82) is 0 Å². The molecule has 84 valence electrons. The van der Waals surface area contributed by atoms with Crippen LogP contribution in [-0.4, -0.2) is 18.2 Å². The molecule has 0 aliphatic rings. The van der Waals surface area contributed by atoms with E-state index in [1.54, 1.807) is 0 Å². The number of hydrogen-bond donors (Lipinski definition) is 1. The van der Waals surface area contributed by atoms with Gasteiger partial charge in [0.1, 0.15) is 0 Å². The minimum Gasteiger partial charge on any atom is -0.355 e. The minimum absolute atomic E-state index is 0.0610. The number of carbonyl (C=O) groups excluding carboxylic acids is 1. The topological polar surface area (TPSA) is 29.1 Å². The van der Waals surface area contributed by atoms with Gasteiger partial charge in [-0.1, -0.05) is 18.2 Å². The number of carbonyl (C=O) groups is 1. The van der Waals surface area contributed by atoms with Crippen molar-refractivity contribution in [3.63, 3.8) is 0 Å². The van der Waals surface area contributed by atoms with Gasteiger partial charge in [0.15, 0.2) is 0 Å². The first kappa shape index (κ1) is 12.7. The van der Waals surface area contributed by atoms with Gasteiger partial charge >= 0.3 is 0 Å². The molecule has 1 amide bonds. The second-order valence-electron chi connectivity index (χ2n) is 3.26. The van der Waals surface area contributed by atoms with Gasteiger partial charge in [0, 0.05) is 17.9 Å². The molecule has 1 aromatic carbocycles. The summed E-state index contributed by atoms with van der Waals surface area (Å²) in [6.07, 6.45) is 6.67. The van der Waals surface area contributed by atoms with E-state index >= 15 is 0 Å². The third-order valence-electron chi connectivity index (χ3n) is 1.93. The van der Waals surface area contributed by atoms with E-state index in [1.807, 2.05) is 30.3 Å². The number of rotatable bonds is 6. The summed E-state index contributed by atoms with van der Waals surface area (Å²) < 4.78 is 0. The number of nitrogens with one attached hydrogen (secondary N) is 1. The van der Waals surface area contributed by atoms with E-state index in [1.165, 1.54) is 11.8 Å². The fraction of sp³-hybridized carbons (Fsp3) is 0.308. The lowest BCUT2D eigenvalue weighted by Gasteiger charge is -2.03. The van der Waals surface area contributed by atoms with E-state index < -0.39 is 0 Å². The predicted octanol–water partition coefficient (Wildman–Crippen LogP) is 2.31. The monoisotopic (exact) mass is 233 g/mol. The molecule has 0 aliphatic carbocycles. The number of terminal acetylenes is 1. The van der Waals surface area contributed by atoms with Gasteiger partial charge in [-0.15, -0.1) is 24.1 Å². The van der Waals surface area contributed by atoms with E-state index in [-0.39, 0.29) is 5.91 Å². The number of amides is 1. The molecule has 2 nitrogen and oxygen atoms in total. The molecule has 0 spiro atoms. The molecule has 0 heterocycles. The summed E-state index contributed by atoms with van der Waals surface area (Å²) in [7, 11) is 0. The zero-order valence-corrected chi connectivity index (χ0v) is 9.93. The highest BCUT2D eigenvalue weighted by Gasteiger charge is 2.01. The zero-order valence-electron chi connectivity index (χ0n) is 9.11. The predicted molar refractivity (Wildman–Crippen MR) is 68.2 cm³/mol. The van der Waals surface area contributed by atoms with Gasteiger partial charge in [0.05, 0.1) is 5.75 Å². The SMILES string of the molecule is C#CCCCNC(=O)CSc1ccccc1. The Labute approximate surface area is 101 Å². The molecule has 1 N–H and O–H groups in total. The average molecular weight is 233 g/mol. The minimum atomic E-state index is 0.0610. The first-order valence-corrected chi connectivity index (χ1v) is 6.19. The maximum Gasteiger partial charge on any atom is 0.230 e. The summed E-state index contributed by atoms with van der Waals surface area (Å²) in [6, 6.07) is 9.89. The van der Waals surface area contributed by atoms with Crippen molar-refractivity contribution >= 4 is 17.7 Å². The van der Waals surface area contributed by atoms with Crippen LogP contribution in [0.15, 0.2) is 35.2 Å². The molecule has 0 atom stereocenters. The van der Waals surface area contributed by atoms with Gasteiger partial charge < -0.3 is 5.32 Å². The Balaban J connectivity index is 2.14. The Hall–Kier alpha value is -1.40. The first-order chi connectivity index (χ1) is 7.83. The normalized spacial score (nSPS) is 9.44. The number of thioether (sulfide) groups is 1. The van der Waals surface area contributed by atoms with Crippen LogP contribution in [0.2, 0.25) is 0 Å². The van der Waals surface area contributed by atoms with E-state index in [2.05, 4.69) is 11.2 Å². The van der Waals surface area contributed by atoms with Crippen molar-refractivity contribution in [2.75, 3.05) is 12.3 Å². The highest BCUT2D eigenvalue weighted by atomic mass is 32.2. The quantitative estimate of drug-likeness (QED) is 0.464. The summed E-state index contributed by atoms with van der Waals surface area (Å²) >= 11 is 1.54. The lowest BCUT2D eigenvalue weighted by atomic mass is 10.3. The smallest absolute Gasteiger partial charge is 0.230 e. The molecule has 0 bridgehead atoms. The van der Waals surface area contributed by atoms with E-state index in [0.717, 1.165) is 11.3 Å². The lowest BCUT2D eigenvalue weighted by Crippen LogP contribution is -2.25. The molecule has 0 unspecified atom stereocenters. The Morgan fingerprint density at radius 2 is 2.12 bits per heavy atom. The van der Waals surface area contributed by atoms with E-state index in [0.29, 0.717) is 18.7 Å². The molecule has 3 heteroatoms. The van der Waals surface area contributed by atoms with Crippen molar-refractivity contribution in [2.24, 2.45) is 0 Å². The molecule has 0 radical (unpaired) electrons. The van der Waals surface area contributed by atoms with Crippen LogP contribution in [0.3, 0.4) is 0 Å². The van der Waals surface area contributed by atoms with Gasteiger partial charge in [-0.3, -0.25) is 4.79 Å². The van der Waals surface area contributed by atoms with E-state index in [9.17, 15) is 4.79 Å². The van der Waals surface area contributed by atoms with E-state index in [4.69, 9.17) is 6.42 Å². The van der Waals surface area contributed by atoms with Crippen LogP contribution in [0.4, 0.5) is 0 Å². The Kier molecular flexibility index (Phi) is 6.20. The Morgan fingerprint density at radius 1 is 1.38 bits per heavy atom. The number of unbranched alkanes of at least 4 members (excludes halogenated alkanes) is 1. The van der Waals surface area contributed by atoms with Gasteiger partial charge in [-0.25, -0.2) is 0 Å². The molecule has 0 saturated heterocycles. The van der Waals surface area contributed by atoms with Crippen LogP contribution >= 0.6 is 11.8 Å². The van der Waals surface area contributed by atoms with Crippen LogP contribution in [0.1, 0.15) is 12.8 Å². The van der Waals surface area contributed by atoms with Crippen LogP contribution in [0.5, 0.6) is 0 Å². The van der Waals surface area contributed by atoms with Gasteiger partial charge in [-0.05, 0) is 18.6 Å². The summed E-state index contributed by atoms with van der Waals surface area (Å²) in [6.45, 7) is 0.665. The van der Waals surface area contributed by atoms with Crippen molar-refractivity contribution in [2.45, 2.75) is 17.7 Å². The molecule has 0 aromatic heterocycles. The summed E-state index contributed by atoms with van der Waals surface area (Å²) in [4.78, 5) is 12.5. The van der Waals surface area contributed by atoms with Crippen molar-refractivity contribution < 1.29 is 4.79 Å². The number of benzene rings is 1. The second kappa shape index (κ2) is 7.84. The van der Waals surface area contributed by atoms with Crippen LogP contribution in [-0.2, 0) is 4.79 Å². The molecule has 16 heavy (non-hydrogen) atoms. The molecular weight excluding hydrogens is 218 g/mol. The molecule has 0 saturated carbocycles. The van der Waals surface area contributed by atoms with Crippen molar-refractivity contribution in [3.05, 3.63) is 30.3 Å². The van der Waals surface area contributed by atoms with Crippen LogP contribution < -0.4 is 5.32 Å². The average Bonchev–Trinajstić information content (AvgIpc) is 2.33. The molecular formula is C13H15NOS. The highest BCUT2D eigenvalue weighted by Crippen LogP contribution is 2.15. The third-order valence-corrected chi connectivity index (χ3v) is 2.95. The fourth-order valence-corrected chi connectivity index (χ4v) is 1.88. The summed E-state index contributed by atoms with van der Waals surface area (Å²) in [5.74, 6) is 3.06. The van der Waals surface area contributed by atoms with Gasteiger partial charge in [0.2, 0.25) is 5.91 Å². The summed E-state index contributed by atoms with van der Waals surface area (Å²) in [5.41, 5.74) is 0. The van der Waals surface area contributed by atoms with Gasteiger partial charge in [0.25, 0.3) is 0 Å².